The lowest BCUT2D eigenvalue weighted by Gasteiger charge is -2.26. The molecule has 5 heteroatoms. The molecule has 1 fully saturated rings. The minimum absolute atomic E-state index is 0.253. The third kappa shape index (κ3) is 3.74. The normalized spacial score (nSPS) is 17.2. The maximum atomic E-state index is 12.3. The zero-order valence-electron chi connectivity index (χ0n) is 11.0. The van der Waals surface area contributed by atoms with Crippen molar-refractivity contribution < 1.29 is 4.79 Å². The second-order valence-corrected chi connectivity index (χ2v) is 6.39. The molecule has 0 saturated heterocycles. The molecule has 1 aliphatic carbocycles. The molecule has 0 aliphatic heterocycles. The molecule has 0 spiro atoms. The number of hydrogen-bond acceptors (Lipinski definition) is 2. The first-order valence-corrected chi connectivity index (χ1v) is 7.94. The quantitative estimate of drug-likeness (QED) is 0.878. The lowest BCUT2D eigenvalue weighted by molar-refractivity contribution is 0.0928. The standard InChI is InChI=1S/C15H16BrClN2O/c16-13-7-6-11(17)8-12(13)15(20)19-14(9-18)10-4-2-1-3-5-10/h6-8,10,14H,1-5H2,(H,19,20). The van der Waals surface area contributed by atoms with Crippen LogP contribution in [0.2, 0.25) is 5.02 Å². The molecule has 2 rings (SSSR count). The van der Waals surface area contributed by atoms with Crippen molar-refractivity contribution in [1.82, 2.24) is 5.32 Å². The summed E-state index contributed by atoms with van der Waals surface area (Å²) in [6, 6.07) is 6.86. The molecule has 3 nitrogen and oxygen atoms in total. The molecular formula is C15H16BrClN2O. The molecule has 106 valence electrons. The fourth-order valence-electron chi connectivity index (χ4n) is 2.61. The van der Waals surface area contributed by atoms with Gasteiger partial charge in [-0.3, -0.25) is 4.79 Å². The van der Waals surface area contributed by atoms with Crippen LogP contribution in [-0.4, -0.2) is 11.9 Å². The first-order chi connectivity index (χ1) is 9.61. The highest BCUT2D eigenvalue weighted by Crippen LogP contribution is 2.27. The summed E-state index contributed by atoms with van der Waals surface area (Å²) in [6.45, 7) is 0. The molecule has 1 saturated carbocycles. The predicted octanol–water partition coefficient (Wildman–Crippen LogP) is 4.30. The van der Waals surface area contributed by atoms with E-state index < -0.39 is 6.04 Å². The third-order valence-electron chi connectivity index (χ3n) is 3.72. The number of rotatable bonds is 3. The Labute approximate surface area is 132 Å². The molecule has 1 aromatic rings. The van der Waals surface area contributed by atoms with Crippen molar-refractivity contribution in [2.75, 3.05) is 0 Å². The van der Waals surface area contributed by atoms with Crippen LogP contribution in [0.15, 0.2) is 22.7 Å². The van der Waals surface area contributed by atoms with Crippen molar-refractivity contribution >= 4 is 33.4 Å². The number of halogens is 2. The molecule has 1 atom stereocenters. The van der Waals surface area contributed by atoms with Gasteiger partial charge in [-0.15, -0.1) is 0 Å². The highest BCUT2D eigenvalue weighted by Gasteiger charge is 2.25. The van der Waals surface area contributed by atoms with Crippen molar-refractivity contribution in [1.29, 1.82) is 5.26 Å². The van der Waals surface area contributed by atoms with E-state index in [0.717, 1.165) is 25.7 Å². The number of benzene rings is 1. The van der Waals surface area contributed by atoms with E-state index in [1.807, 2.05) is 0 Å². The Morgan fingerprint density at radius 1 is 1.40 bits per heavy atom. The van der Waals surface area contributed by atoms with Crippen LogP contribution in [0, 0.1) is 17.2 Å². The molecule has 1 unspecified atom stereocenters. The van der Waals surface area contributed by atoms with Crippen LogP contribution < -0.4 is 5.32 Å². The van der Waals surface area contributed by atoms with Crippen LogP contribution in [0.5, 0.6) is 0 Å². The first kappa shape index (κ1) is 15.3. The molecule has 0 bridgehead atoms. The summed E-state index contributed by atoms with van der Waals surface area (Å²) in [7, 11) is 0. The Bertz CT molecular complexity index is 535. The Balaban J connectivity index is 2.09. The summed E-state index contributed by atoms with van der Waals surface area (Å²) in [4.78, 5) is 12.3. The van der Waals surface area contributed by atoms with E-state index in [9.17, 15) is 10.1 Å². The fraction of sp³-hybridized carbons (Fsp3) is 0.467. The summed E-state index contributed by atoms with van der Waals surface area (Å²) in [5.74, 6) is 0.00663. The van der Waals surface area contributed by atoms with Gasteiger partial charge in [0, 0.05) is 9.50 Å². The molecular weight excluding hydrogens is 340 g/mol. The number of nitriles is 1. The van der Waals surface area contributed by atoms with Gasteiger partial charge in [-0.2, -0.15) is 5.26 Å². The van der Waals surface area contributed by atoms with Crippen molar-refractivity contribution in [3.63, 3.8) is 0 Å². The van der Waals surface area contributed by atoms with Crippen molar-refractivity contribution in [2.24, 2.45) is 5.92 Å². The molecule has 0 heterocycles. The first-order valence-electron chi connectivity index (χ1n) is 6.77. The van der Waals surface area contributed by atoms with Crippen LogP contribution in [0.3, 0.4) is 0 Å². The van der Waals surface area contributed by atoms with E-state index in [-0.39, 0.29) is 11.8 Å². The average Bonchev–Trinajstić information content (AvgIpc) is 2.48. The number of carbonyl (C=O) groups is 1. The maximum Gasteiger partial charge on any atom is 0.253 e. The highest BCUT2D eigenvalue weighted by atomic mass is 79.9. The summed E-state index contributed by atoms with van der Waals surface area (Å²) in [6.07, 6.45) is 5.52. The number of nitrogens with zero attached hydrogens (tertiary/aromatic N) is 1. The summed E-state index contributed by atoms with van der Waals surface area (Å²) in [5.41, 5.74) is 0.466. The van der Waals surface area contributed by atoms with E-state index in [1.54, 1.807) is 18.2 Å². The van der Waals surface area contributed by atoms with Crippen LogP contribution in [0.25, 0.3) is 0 Å². The average molecular weight is 356 g/mol. The van der Waals surface area contributed by atoms with E-state index in [2.05, 4.69) is 27.3 Å². The zero-order valence-corrected chi connectivity index (χ0v) is 13.4. The van der Waals surface area contributed by atoms with Crippen LogP contribution >= 0.6 is 27.5 Å². The van der Waals surface area contributed by atoms with Gasteiger partial charge in [0.15, 0.2) is 0 Å². The Morgan fingerprint density at radius 2 is 2.10 bits per heavy atom. The summed E-state index contributed by atoms with van der Waals surface area (Å²) >= 11 is 9.25. The third-order valence-corrected chi connectivity index (χ3v) is 4.65. The lowest BCUT2D eigenvalue weighted by Crippen LogP contribution is -2.40. The SMILES string of the molecule is N#CC(NC(=O)c1cc(Cl)ccc1Br)C1CCCCC1. The minimum atomic E-state index is -0.423. The maximum absolute atomic E-state index is 12.3. The van der Waals surface area contributed by atoms with E-state index in [0.29, 0.717) is 15.1 Å². The largest absolute Gasteiger partial charge is 0.336 e. The van der Waals surface area contributed by atoms with Crippen molar-refractivity contribution in [2.45, 2.75) is 38.1 Å². The van der Waals surface area contributed by atoms with Crippen molar-refractivity contribution in [3.8, 4) is 6.07 Å². The smallest absolute Gasteiger partial charge is 0.253 e. The zero-order chi connectivity index (χ0) is 14.5. The molecule has 0 radical (unpaired) electrons. The van der Waals surface area contributed by atoms with Crippen LogP contribution in [0.4, 0.5) is 0 Å². The van der Waals surface area contributed by atoms with Gasteiger partial charge in [0.1, 0.15) is 6.04 Å². The van der Waals surface area contributed by atoms with Gasteiger partial charge in [-0.1, -0.05) is 30.9 Å². The van der Waals surface area contributed by atoms with Gasteiger partial charge in [-0.25, -0.2) is 0 Å². The topological polar surface area (TPSA) is 52.9 Å². The van der Waals surface area contributed by atoms with Crippen molar-refractivity contribution in [3.05, 3.63) is 33.3 Å². The van der Waals surface area contributed by atoms with Gasteiger partial charge in [0.2, 0.25) is 0 Å². The molecule has 1 aliphatic rings. The Hall–Kier alpha value is -1.05. The summed E-state index contributed by atoms with van der Waals surface area (Å²) in [5, 5.41) is 12.6. The van der Waals surface area contributed by atoms with Gasteiger partial charge in [-0.05, 0) is 52.9 Å². The monoisotopic (exact) mass is 354 g/mol. The highest BCUT2D eigenvalue weighted by molar-refractivity contribution is 9.10. The number of carbonyl (C=O) groups excluding carboxylic acids is 1. The fourth-order valence-corrected chi connectivity index (χ4v) is 3.21. The molecule has 1 N–H and O–H groups in total. The number of nitrogens with one attached hydrogen (secondary N) is 1. The predicted molar refractivity (Wildman–Crippen MR) is 82.6 cm³/mol. The molecule has 1 aromatic carbocycles. The Kier molecular flexibility index (Phi) is 5.45. The second kappa shape index (κ2) is 7.10. The number of hydrogen-bond donors (Lipinski definition) is 1. The van der Waals surface area contributed by atoms with Gasteiger partial charge < -0.3 is 5.32 Å². The van der Waals surface area contributed by atoms with E-state index in [4.69, 9.17) is 11.6 Å². The van der Waals surface area contributed by atoms with E-state index >= 15 is 0 Å². The molecule has 0 aromatic heterocycles. The lowest BCUT2D eigenvalue weighted by atomic mass is 9.84. The van der Waals surface area contributed by atoms with Gasteiger partial charge in [0.25, 0.3) is 5.91 Å². The van der Waals surface area contributed by atoms with Crippen LogP contribution in [-0.2, 0) is 0 Å². The second-order valence-electron chi connectivity index (χ2n) is 5.10. The minimum Gasteiger partial charge on any atom is -0.336 e. The van der Waals surface area contributed by atoms with Crippen LogP contribution in [0.1, 0.15) is 42.5 Å². The van der Waals surface area contributed by atoms with Gasteiger partial charge in [0.05, 0.1) is 11.6 Å². The Morgan fingerprint density at radius 3 is 2.75 bits per heavy atom. The van der Waals surface area contributed by atoms with E-state index in [1.165, 1.54) is 6.42 Å². The number of amides is 1. The molecule has 20 heavy (non-hydrogen) atoms. The van der Waals surface area contributed by atoms with Gasteiger partial charge >= 0.3 is 0 Å². The summed E-state index contributed by atoms with van der Waals surface area (Å²) < 4.78 is 0.680. The molecule has 1 amide bonds.